The summed E-state index contributed by atoms with van der Waals surface area (Å²) in [5, 5.41) is 31.7. The number of aromatic nitrogens is 2. The van der Waals surface area contributed by atoms with E-state index in [1.165, 1.54) is 64.0 Å². The number of furan rings is 1. The van der Waals surface area contributed by atoms with Crippen LogP contribution >= 0.6 is 34.9 Å². The Labute approximate surface area is 239 Å². The highest BCUT2D eigenvalue weighted by molar-refractivity contribution is 8.01. The molecule has 0 spiro atoms. The number of rotatable bonds is 10. The molecule has 2 amide bonds. The van der Waals surface area contributed by atoms with Gasteiger partial charge in [-0.1, -0.05) is 23.1 Å². The number of β-lactam (4-membered cyclic amide) rings is 1. The Bertz CT molecular complexity index is 1550. The minimum Gasteiger partial charge on any atom is -0.486 e. The van der Waals surface area contributed by atoms with Crippen molar-refractivity contribution in [2.75, 3.05) is 11.5 Å². The van der Waals surface area contributed by atoms with Crippen LogP contribution < -0.4 is 10.1 Å². The number of thioether (sulfide) groups is 2. The first-order chi connectivity index (χ1) is 19.1. The van der Waals surface area contributed by atoms with Gasteiger partial charge in [0.15, 0.2) is 10.1 Å². The summed E-state index contributed by atoms with van der Waals surface area (Å²) in [5.41, 5.74) is 0.963. The monoisotopic (exact) mass is 603 g/mol. The molecule has 1 aromatic carbocycles. The van der Waals surface area contributed by atoms with Gasteiger partial charge >= 0.3 is 5.97 Å². The minimum absolute atomic E-state index is 0.0195. The van der Waals surface area contributed by atoms with Crippen LogP contribution in [-0.2, 0) is 16.2 Å². The Morgan fingerprint density at radius 2 is 2.10 bits per heavy atom. The molecule has 0 radical (unpaired) electrons. The highest BCUT2D eigenvalue weighted by atomic mass is 32.2. The van der Waals surface area contributed by atoms with E-state index in [0.717, 1.165) is 5.01 Å². The Balaban J connectivity index is 1.19. The molecule has 3 aromatic rings. The first-order valence-electron chi connectivity index (χ1n) is 11.7. The second kappa shape index (κ2) is 11.3. The highest BCUT2D eigenvalue weighted by Gasteiger charge is 2.54. The van der Waals surface area contributed by atoms with Crippen molar-refractivity contribution in [1.82, 2.24) is 20.4 Å². The highest BCUT2D eigenvalue weighted by Crippen LogP contribution is 2.42. The molecular weight excluding hydrogens is 582 g/mol. The molecule has 2 N–H and O–H groups in total. The molecule has 16 heteroatoms. The van der Waals surface area contributed by atoms with Crippen molar-refractivity contribution in [3.05, 3.63) is 73.8 Å². The largest absolute Gasteiger partial charge is 0.486 e. The number of amides is 2. The maximum atomic E-state index is 12.9. The van der Waals surface area contributed by atoms with Crippen LogP contribution in [0.5, 0.6) is 5.75 Å². The van der Waals surface area contributed by atoms with Gasteiger partial charge in [0.25, 0.3) is 17.5 Å². The zero-order valence-electron chi connectivity index (χ0n) is 21.0. The third kappa shape index (κ3) is 5.55. The van der Waals surface area contributed by atoms with Crippen molar-refractivity contribution in [2.24, 2.45) is 0 Å². The Kier molecular flexibility index (Phi) is 7.82. The maximum Gasteiger partial charge on any atom is 0.352 e. The molecule has 0 saturated carbocycles. The van der Waals surface area contributed by atoms with E-state index < -0.39 is 34.1 Å². The average molecular weight is 604 g/mol. The zero-order chi connectivity index (χ0) is 28.6. The molecule has 0 unspecified atom stereocenters. The fourth-order valence-electron chi connectivity index (χ4n) is 4.15. The summed E-state index contributed by atoms with van der Waals surface area (Å²) in [6, 6.07) is 6.44. The van der Waals surface area contributed by atoms with E-state index >= 15 is 0 Å². The van der Waals surface area contributed by atoms with Crippen molar-refractivity contribution in [3.8, 4) is 5.75 Å². The van der Waals surface area contributed by atoms with E-state index in [0.29, 0.717) is 38.5 Å². The molecule has 0 bridgehead atoms. The molecular formula is C24H21N5O8S3. The normalized spacial score (nSPS) is 18.2. The van der Waals surface area contributed by atoms with Gasteiger partial charge in [-0.2, -0.15) is 0 Å². The second-order valence-corrected chi connectivity index (χ2v) is 12.3. The number of carbonyl (C=O) groups excluding carboxylic acids is 2. The van der Waals surface area contributed by atoms with E-state index in [-0.39, 0.29) is 23.8 Å². The third-order valence-electron chi connectivity index (χ3n) is 6.05. The number of aryl methyl sites for hydroxylation is 2. The topological polar surface area (TPSA) is 178 Å². The Morgan fingerprint density at radius 3 is 2.77 bits per heavy atom. The van der Waals surface area contributed by atoms with Crippen molar-refractivity contribution in [3.63, 3.8) is 0 Å². The van der Waals surface area contributed by atoms with Gasteiger partial charge in [-0.05, 0) is 43.7 Å². The lowest BCUT2D eigenvalue weighted by Crippen LogP contribution is -2.70. The fraction of sp³-hybridized carbons (Fsp3) is 0.292. The van der Waals surface area contributed by atoms with Gasteiger partial charge in [0.05, 0.1) is 4.92 Å². The number of carboxylic acid groups (broad SMARTS) is 1. The number of carboxylic acids is 1. The molecule has 2 aliphatic rings. The van der Waals surface area contributed by atoms with E-state index in [1.54, 1.807) is 13.0 Å². The first kappa shape index (κ1) is 27.7. The van der Waals surface area contributed by atoms with Crippen LogP contribution in [0.1, 0.15) is 26.9 Å². The lowest BCUT2D eigenvalue weighted by Gasteiger charge is -2.49. The van der Waals surface area contributed by atoms with E-state index in [2.05, 4.69) is 15.5 Å². The Hall–Kier alpha value is -3.89. The predicted molar refractivity (Wildman–Crippen MR) is 145 cm³/mol. The molecule has 2 atom stereocenters. The van der Waals surface area contributed by atoms with Crippen LogP contribution in [-0.4, -0.2) is 65.8 Å². The quantitative estimate of drug-likeness (QED) is 0.150. The third-order valence-corrected chi connectivity index (χ3v) is 9.44. The van der Waals surface area contributed by atoms with Crippen LogP contribution in [0, 0.1) is 24.0 Å². The molecule has 1 saturated heterocycles. The number of nitrogens with one attached hydrogen (secondary N) is 1. The number of fused-ring (bicyclic) bond motifs is 1. The fourth-order valence-corrected chi connectivity index (χ4v) is 7.45. The van der Waals surface area contributed by atoms with Crippen molar-refractivity contribution in [2.45, 2.75) is 36.2 Å². The van der Waals surface area contributed by atoms with E-state index in [1.807, 2.05) is 6.92 Å². The standard InChI is InChI=1S/C24H21N5O8S3/c1-11-7-14(3-5-16(11)29(34)35)36-8-15-4-6-17(37-15)20(30)25-18-21(31)28-19(23(32)33)13(9-38-22(18)28)10-39-24-27-26-12(2)40-24/h3-7,18,22H,8-10H2,1-2H3,(H,25,30)(H,32,33)/t18-,22-/m0/s1. The maximum absolute atomic E-state index is 12.9. The van der Waals surface area contributed by atoms with Crippen LogP contribution in [0.4, 0.5) is 5.69 Å². The molecule has 1 fully saturated rings. The number of hydrogen-bond acceptors (Lipinski definition) is 12. The van der Waals surface area contributed by atoms with Crippen LogP contribution in [0.2, 0.25) is 0 Å². The summed E-state index contributed by atoms with van der Waals surface area (Å²) < 4.78 is 11.9. The van der Waals surface area contributed by atoms with Crippen molar-refractivity contribution < 1.29 is 33.6 Å². The summed E-state index contributed by atoms with van der Waals surface area (Å²) in [5.74, 6) is -0.899. The SMILES string of the molecule is Cc1nnc(SCC2=C(C(=O)O)N3C(=O)[C@H](NC(=O)c4ccc(COc5ccc([N+](=O)[O-])c(C)c5)o4)[C@@H]3SC2)s1. The molecule has 2 aliphatic heterocycles. The van der Waals surface area contributed by atoms with E-state index in [9.17, 15) is 29.6 Å². The number of nitro benzene ring substituents is 1. The second-order valence-electron chi connectivity index (χ2n) is 8.75. The summed E-state index contributed by atoms with van der Waals surface area (Å²) in [6.07, 6.45) is 0. The summed E-state index contributed by atoms with van der Waals surface area (Å²) in [4.78, 5) is 49.5. The molecule has 13 nitrogen and oxygen atoms in total. The number of carbonyl (C=O) groups is 3. The van der Waals surface area contributed by atoms with E-state index in [4.69, 9.17) is 9.15 Å². The first-order valence-corrected chi connectivity index (χ1v) is 14.6. The smallest absolute Gasteiger partial charge is 0.352 e. The van der Waals surface area contributed by atoms with Crippen molar-refractivity contribution >= 4 is 58.3 Å². The minimum atomic E-state index is -1.20. The van der Waals surface area contributed by atoms with Crippen LogP contribution in [0.3, 0.4) is 0 Å². The summed E-state index contributed by atoms with van der Waals surface area (Å²) in [6.45, 7) is 3.41. The van der Waals surface area contributed by atoms with Gasteiger partial charge in [0.2, 0.25) is 0 Å². The van der Waals surface area contributed by atoms with Gasteiger partial charge in [0.1, 0.15) is 40.2 Å². The Morgan fingerprint density at radius 1 is 1.30 bits per heavy atom. The number of nitro groups is 1. The average Bonchev–Trinajstić information content (AvgIpc) is 3.57. The molecule has 5 rings (SSSR count). The van der Waals surface area contributed by atoms with Crippen LogP contribution in [0.15, 0.2) is 50.4 Å². The lowest BCUT2D eigenvalue weighted by atomic mass is 10.0. The summed E-state index contributed by atoms with van der Waals surface area (Å²) in [7, 11) is 0. The number of aliphatic carboxylic acids is 1. The molecule has 0 aliphatic carbocycles. The number of ether oxygens (including phenoxy) is 1. The number of nitrogens with zero attached hydrogens (tertiary/aromatic N) is 4. The van der Waals surface area contributed by atoms with Gasteiger partial charge in [0, 0.05) is 23.1 Å². The molecule has 4 heterocycles. The molecule has 208 valence electrons. The number of hydrogen-bond donors (Lipinski definition) is 2. The summed E-state index contributed by atoms with van der Waals surface area (Å²) >= 11 is 4.15. The van der Waals surface area contributed by atoms with Gasteiger partial charge < -0.3 is 19.6 Å². The lowest BCUT2D eigenvalue weighted by molar-refractivity contribution is -0.385. The molecule has 2 aromatic heterocycles. The van der Waals surface area contributed by atoms with Gasteiger partial charge in [-0.3, -0.25) is 24.6 Å². The molecule has 40 heavy (non-hydrogen) atoms. The van der Waals surface area contributed by atoms with Gasteiger partial charge in [-0.25, -0.2) is 4.79 Å². The van der Waals surface area contributed by atoms with Crippen LogP contribution in [0.25, 0.3) is 0 Å². The predicted octanol–water partition coefficient (Wildman–Crippen LogP) is 3.38. The van der Waals surface area contributed by atoms with Crippen molar-refractivity contribution in [1.29, 1.82) is 0 Å². The number of benzene rings is 1. The zero-order valence-corrected chi connectivity index (χ0v) is 23.4. The van der Waals surface area contributed by atoms with Gasteiger partial charge in [-0.15, -0.1) is 22.0 Å².